The van der Waals surface area contributed by atoms with Crippen molar-refractivity contribution < 1.29 is 26.4 Å². The number of nitrogens with zero attached hydrogens (tertiary/aromatic N) is 1. The van der Waals surface area contributed by atoms with Crippen LogP contribution in [0.2, 0.25) is 0 Å². The van der Waals surface area contributed by atoms with Crippen LogP contribution < -0.4 is 5.32 Å². The van der Waals surface area contributed by atoms with E-state index in [1.807, 2.05) is 0 Å². The van der Waals surface area contributed by atoms with Gasteiger partial charge in [0.2, 0.25) is 10.0 Å². The average molecular weight is 336 g/mol. The summed E-state index contributed by atoms with van der Waals surface area (Å²) in [6, 6.07) is 1.07. The first kappa shape index (κ1) is 16.8. The van der Waals surface area contributed by atoms with E-state index in [9.17, 15) is 26.4 Å². The Morgan fingerprint density at radius 1 is 1.32 bits per heavy atom. The summed E-state index contributed by atoms with van der Waals surface area (Å²) in [5, 5.41) is 2.36. The lowest BCUT2D eigenvalue weighted by atomic mass is 10.1. The van der Waals surface area contributed by atoms with Gasteiger partial charge in [0.25, 0.3) is 5.91 Å². The topological polar surface area (TPSA) is 66.5 Å². The molecule has 0 saturated carbocycles. The van der Waals surface area contributed by atoms with E-state index >= 15 is 0 Å². The summed E-state index contributed by atoms with van der Waals surface area (Å²) in [5.74, 6) is -5.58. The number of rotatable bonds is 4. The molecule has 1 heterocycles. The van der Waals surface area contributed by atoms with Gasteiger partial charge >= 0.3 is 0 Å². The van der Waals surface area contributed by atoms with Gasteiger partial charge in [0.15, 0.2) is 17.5 Å². The van der Waals surface area contributed by atoms with Crippen LogP contribution in [0.25, 0.3) is 0 Å². The molecule has 0 bridgehead atoms. The van der Waals surface area contributed by atoms with Crippen molar-refractivity contribution in [2.24, 2.45) is 0 Å². The van der Waals surface area contributed by atoms with Gasteiger partial charge in [-0.2, -0.15) is 4.31 Å². The molecule has 1 fully saturated rings. The monoisotopic (exact) mass is 336 g/mol. The zero-order valence-electron chi connectivity index (χ0n) is 11.8. The van der Waals surface area contributed by atoms with Crippen LogP contribution in [0.1, 0.15) is 23.2 Å². The summed E-state index contributed by atoms with van der Waals surface area (Å²) in [4.78, 5) is 11.8. The average Bonchev–Trinajstić information content (AvgIpc) is 2.91. The molecule has 1 N–H and O–H groups in total. The second kappa shape index (κ2) is 6.25. The van der Waals surface area contributed by atoms with Crippen LogP contribution in [0.3, 0.4) is 0 Å². The highest BCUT2D eigenvalue weighted by Crippen LogP contribution is 2.20. The molecule has 1 atom stereocenters. The van der Waals surface area contributed by atoms with Gasteiger partial charge in [-0.25, -0.2) is 21.6 Å². The molecule has 1 saturated heterocycles. The van der Waals surface area contributed by atoms with Crippen LogP contribution in [0.15, 0.2) is 12.1 Å². The van der Waals surface area contributed by atoms with Gasteiger partial charge in [0, 0.05) is 19.1 Å². The predicted octanol–water partition coefficient (Wildman–Crippen LogP) is 1.26. The van der Waals surface area contributed by atoms with Gasteiger partial charge in [-0.3, -0.25) is 4.79 Å². The van der Waals surface area contributed by atoms with Crippen molar-refractivity contribution in [1.82, 2.24) is 9.62 Å². The second-order valence-electron chi connectivity index (χ2n) is 5.10. The molecule has 1 aromatic rings. The number of carbonyl (C=O) groups excluding carboxylic acids is 1. The van der Waals surface area contributed by atoms with Gasteiger partial charge in [-0.15, -0.1) is 0 Å². The molecule has 22 heavy (non-hydrogen) atoms. The molecule has 0 spiro atoms. The van der Waals surface area contributed by atoms with Gasteiger partial charge in [0.1, 0.15) is 0 Å². The minimum absolute atomic E-state index is 0.0235. The molecule has 1 aliphatic heterocycles. The number of nitrogens with one attached hydrogen (secondary N) is 1. The first-order chi connectivity index (χ1) is 10.2. The maximum atomic E-state index is 13.5. The number of halogens is 3. The van der Waals surface area contributed by atoms with Crippen molar-refractivity contribution in [3.63, 3.8) is 0 Å². The van der Waals surface area contributed by atoms with E-state index < -0.39 is 45.0 Å². The highest BCUT2D eigenvalue weighted by Gasteiger charge is 2.31. The molecule has 2 rings (SSSR count). The summed E-state index contributed by atoms with van der Waals surface area (Å²) >= 11 is 0. The zero-order chi connectivity index (χ0) is 16.5. The standard InChI is InChI=1S/C13H15F3N2O3S/c1-22(20,21)18-6-2-3-8(18)7-17-13(19)9-4-5-10(14)12(16)11(9)15/h4-5,8H,2-3,6-7H2,1H3,(H,17,19). The highest BCUT2D eigenvalue weighted by molar-refractivity contribution is 7.88. The zero-order valence-corrected chi connectivity index (χ0v) is 12.6. The number of hydrogen-bond acceptors (Lipinski definition) is 3. The van der Waals surface area contributed by atoms with E-state index in [0.717, 1.165) is 12.3 Å². The molecule has 1 aliphatic rings. The van der Waals surface area contributed by atoms with E-state index in [0.29, 0.717) is 25.5 Å². The fourth-order valence-corrected chi connectivity index (χ4v) is 3.64. The summed E-state index contributed by atoms with van der Waals surface area (Å²) in [5.41, 5.74) is -0.622. The summed E-state index contributed by atoms with van der Waals surface area (Å²) in [6.45, 7) is 0.337. The van der Waals surface area contributed by atoms with Crippen LogP contribution in [-0.4, -0.2) is 44.0 Å². The van der Waals surface area contributed by atoms with Crippen molar-refractivity contribution >= 4 is 15.9 Å². The van der Waals surface area contributed by atoms with Gasteiger partial charge in [-0.1, -0.05) is 0 Å². The lowest BCUT2D eigenvalue weighted by Gasteiger charge is -2.22. The third-order valence-electron chi connectivity index (χ3n) is 3.53. The Morgan fingerprint density at radius 3 is 2.64 bits per heavy atom. The quantitative estimate of drug-likeness (QED) is 0.842. The van der Waals surface area contributed by atoms with E-state index in [2.05, 4.69) is 5.32 Å². The smallest absolute Gasteiger partial charge is 0.254 e. The Hall–Kier alpha value is -1.61. The van der Waals surface area contributed by atoms with E-state index in [1.54, 1.807) is 0 Å². The third kappa shape index (κ3) is 3.41. The van der Waals surface area contributed by atoms with Crippen molar-refractivity contribution in [1.29, 1.82) is 0 Å². The number of amides is 1. The van der Waals surface area contributed by atoms with Crippen LogP contribution in [0, 0.1) is 17.5 Å². The van der Waals surface area contributed by atoms with Crippen LogP contribution >= 0.6 is 0 Å². The minimum atomic E-state index is -3.39. The molecule has 9 heteroatoms. The molecular formula is C13H15F3N2O3S. The summed E-state index contributed by atoms with van der Waals surface area (Å²) < 4.78 is 63.8. The van der Waals surface area contributed by atoms with Crippen molar-refractivity contribution in [3.05, 3.63) is 35.1 Å². The SMILES string of the molecule is CS(=O)(=O)N1CCCC1CNC(=O)c1ccc(F)c(F)c1F. The number of carbonyl (C=O) groups is 1. The summed E-state index contributed by atoms with van der Waals surface area (Å²) in [7, 11) is -3.39. The lowest BCUT2D eigenvalue weighted by molar-refractivity contribution is 0.0941. The van der Waals surface area contributed by atoms with Crippen LogP contribution in [0.4, 0.5) is 13.2 Å². The Balaban J connectivity index is 2.06. The Bertz CT molecular complexity index is 694. The molecule has 0 aliphatic carbocycles. The first-order valence-corrected chi connectivity index (χ1v) is 8.45. The lowest BCUT2D eigenvalue weighted by Crippen LogP contribution is -2.42. The molecule has 5 nitrogen and oxygen atoms in total. The predicted molar refractivity (Wildman–Crippen MR) is 73.2 cm³/mol. The first-order valence-electron chi connectivity index (χ1n) is 6.60. The number of sulfonamides is 1. The number of benzene rings is 1. The Kier molecular flexibility index (Phi) is 4.76. The molecule has 1 aromatic carbocycles. The van der Waals surface area contributed by atoms with E-state index in [-0.39, 0.29) is 6.54 Å². The fraction of sp³-hybridized carbons (Fsp3) is 0.462. The van der Waals surface area contributed by atoms with E-state index in [1.165, 1.54) is 4.31 Å². The third-order valence-corrected chi connectivity index (χ3v) is 4.86. The van der Waals surface area contributed by atoms with Crippen molar-refractivity contribution in [3.8, 4) is 0 Å². The molecule has 0 radical (unpaired) electrons. The minimum Gasteiger partial charge on any atom is -0.350 e. The normalized spacial score (nSPS) is 19.4. The van der Waals surface area contributed by atoms with Crippen LogP contribution in [0.5, 0.6) is 0 Å². The molecule has 1 unspecified atom stereocenters. The second-order valence-corrected chi connectivity index (χ2v) is 7.04. The van der Waals surface area contributed by atoms with Gasteiger partial charge in [-0.05, 0) is 25.0 Å². The fourth-order valence-electron chi connectivity index (χ4n) is 2.46. The molecule has 122 valence electrons. The Labute approximate surface area is 126 Å². The van der Waals surface area contributed by atoms with Gasteiger partial charge < -0.3 is 5.32 Å². The van der Waals surface area contributed by atoms with Crippen molar-refractivity contribution in [2.75, 3.05) is 19.3 Å². The molecule has 1 amide bonds. The van der Waals surface area contributed by atoms with Crippen LogP contribution in [-0.2, 0) is 10.0 Å². The van der Waals surface area contributed by atoms with E-state index in [4.69, 9.17) is 0 Å². The summed E-state index contributed by atoms with van der Waals surface area (Å²) in [6.07, 6.45) is 2.29. The molecular weight excluding hydrogens is 321 g/mol. The van der Waals surface area contributed by atoms with Gasteiger partial charge in [0.05, 0.1) is 11.8 Å². The number of hydrogen-bond donors (Lipinski definition) is 1. The highest BCUT2D eigenvalue weighted by atomic mass is 32.2. The van der Waals surface area contributed by atoms with Crippen molar-refractivity contribution in [2.45, 2.75) is 18.9 Å². The maximum absolute atomic E-state index is 13.5. The maximum Gasteiger partial charge on any atom is 0.254 e. The Morgan fingerprint density at radius 2 is 2.00 bits per heavy atom. The molecule has 0 aromatic heterocycles. The largest absolute Gasteiger partial charge is 0.350 e.